The highest BCUT2D eigenvalue weighted by molar-refractivity contribution is 6.46. The zero-order chi connectivity index (χ0) is 27.4. The lowest BCUT2D eigenvalue weighted by atomic mass is 9.94. The van der Waals surface area contributed by atoms with E-state index in [-0.39, 0.29) is 24.0 Å². The van der Waals surface area contributed by atoms with Crippen LogP contribution in [0.5, 0.6) is 17.2 Å². The Balaban J connectivity index is 1.54. The van der Waals surface area contributed by atoms with E-state index in [1.807, 2.05) is 30.3 Å². The van der Waals surface area contributed by atoms with Crippen LogP contribution < -0.4 is 14.2 Å². The molecule has 1 amide bonds. The standard InChI is InChI=1S/C31H31NO7/c1-36-23-13-10-21(11-14-23)29(33)27-28(32(31(35)30(27)34)18-24-9-6-16-38-24)22-12-15-25(26(17-22)37-2)39-19-20-7-4-3-5-8-20/h3-5,7-8,10-15,17,24,28,33H,6,9,16,18-19H2,1-2H3/b29-27+. The molecular weight excluding hydrogens is 498 g/mol. The summed E-state index contributed by atoms with van der Waals surface area (Å²) in [6.07, 6.45) is 1.51. The summed E-state index contributed by atoms with van der Waals surface area (Å²) in [6.45, 7) is 1.21. The summed E-state index contributed by atoms with van der Waals surface area (Å²) in [5.74, 6) is -0.0764. The summed E-state index contributed by atoms with van der Waals surface area (Å²) in [5.41, 5.74) is 2.05. The summed E-state index contributed by atoms with van der Waals surface area (Å²) in [7, 11) is 3.08. The highest BCUT2D eigenvalue weighted by atomic mass is 16.5. The van der Waals surface area contributed by atoms with Gasteiger partial charge in [0.05, 0.1) is 31.9 Å². The van der Waals surface area contributed by atoms with Crippen molar-refractivity contribution in [3.8, 4) is 17.2 Å². The topological polar surface area (TPSA) is 94.5 Å². The summed E-state index contributed by atoms with van der Waals surface area (Å²) in [5, 5.41) is 11.3. The largest absolute Gasteiger partial charge is 0.507 e. The number of aliphatic hydroxyl groups is 1. The number of aliphatic hydroxyl groups excluding tert-OH is 1. The number of Topliss-reactive ketones (excluding diaryl/α,β-unsaturated/α-hetero) is 1. The summed E-state index contributed by atoms with van der Waals surface area (Å²) in [6, 6.07) is 20.9. The molecule has 0 aliphatic carbocycles. The van der Waals surface area contributed by atoms with Crippen LogP contribution in [-0.2, 0) is 20.9 Å². The van der Waals surface area contributed by atoms with Crippen LogP contribution in [0.3, 0.4) is 0 Å². The second-order valence-electron chi connectivity index (χ2n) is 9.50. The number of carbonyl (C=O) groups excluding carboxylic acids is 2. The van der Waals surface area contributed by atoms with Crippen molar-refractivity contribution < 1.29 is 33.6 Å². The fraction of sp³-hybridized carbons (Fsp3) is 0.290. The van der Waals surface area contributed by atoms with E-state index in [1.165, 1.54) is 12.0 Å². The SMILES string of the molecule is COc1ccc(/C(O)=C2\C(=O)C(=O)N(CC3CCCO3)C2c2ccc(OCc3ccccc3)c(OC)c2)cc1. The van der Waals surface area contributed by atoms with Gasteiger partial charge in [-0.1, -0.05) is 36.4 Å². The molecule has 1 N–H and O–H groups in total. The predicted molar refractivity (Wildman–Crippen MR) is 145 cm³/mol. The van der Waals surface area contributed by atoms with E-state index < -0.39 is 17.7 Å². The van der Waals surface area contributed by atoms with E-state index in [1.54, 1.807) is 49.6 Å². The first kappa shape index (κ1) is 26.3. The summed E-state index contributed by atoms with van der Waals surface area (Å²) in [4.78, 5) is 28.2. The Hall–Kier alpha value is -4.30. The number of hydrogen-bond donors (Lipinski definition) is 1. The lowest BCUT2D eigenvalue weighted by Gasteiger charge is -2.28. The lowest BCUT2D eigenvalue weighted by molar-refractivity contribution is -0.140. The number of nitrogens with zero attached hydrogens (tertiary/aromatic N) is 1. The molecule has 2 fully saturated rings. The average Bonchev–Trinajstić information content (AvgIpc) is 3.58. The number of ether oxygens (including phenoxy) is 4. The second kappa shape index (κ2) is 11.6. The van der Waals surface area contributed by atoms with E-state index in [9.17, 15) is 14.7 Å². The Kier molecular flexibility index (Phi) is 7.84. The number of amides is 1. The van der Waals surface area contributed by atoms with Crippen LogP contribution in [0.15, 0.2) is 78.4 Å². The van der Waals surface area contributed by atoms with Gasteiger partial charge >= 0.3 is 0 Å². The third kappa shape index (κ3) is 5.47. The van der Waals surface area contributed by atoms with Gasteiger partial charge in [-0.15, -0.1) is 0 Å². The van der Waals surface area contributed by atoms with Crippen molar-refractivity contribution >= 4 is 17.4 Å². The van der Waals surface area contributed by atoms with Crippen molar-refractivity contribution in [2.24, 2.45) is 0 Å². The number of carbonyl (C=O) groups is 2. The van der Waals surface area contributed by atoms with E-state index in [4.69, 9.17) is 18.9 Å². The van der Waals surface area contributed by atoms with Gasteiger partial charge in [-0.05, 0) is 60.4 Å². The van der Waals surface area contributed by atoms with Crippen LogP contribution in [0, 0.1) is 0 Å². The molecule has 0 bridgehead atoms. The molecule has 2 aliphatic rings. The van der Waals surface area contributed by atoms with Gasteiger partial charge in [0.1, 0.15) is 18.1 Å². The Morgan fingerprint density at radius 1 is 0.974 bits per heavy atom. The number of benzene rings is 3. The minimum absolute atomic E-state index is 0.0168. The second-order valence-corrected chi connectivity index (χ2v) is 9.50. The molecule has 39 heavy (non-hydrogen) atoms. The third-order valence-corrected chi connectivity index (χ3v) is 7.07. The highest BCUT2D eigenvalue weighted by Crippen LogP contribution is 2.42. The molecule has 8 nitrogen and oxygen atoms in total. The Labute approximate surface area is 227 Å². The van der Waals surface area contributed by atoms with Gasteiger partial charge in [0.2, 0.25) is 0 Å². The van der Waals surface area contributed by atoms with E-state index in [2.05, 4.69) is 0 Å². The zero-order valence-electron chi connectivity index (χ0n) is 22.0. The maximum atomic E-state index is 13.4. The molecule has 0 radical (unpaired) electrons. The Bertz CT molecular complexity index is 1360. The molecule has 202 valence electrons. The zero-order valence-corrected chi connectivity index (χ0v) is 22.0. The minimum Gasteiger partial charge on any atom is -0.507 e. The maximum absolute atomic E-state index is 13.4. The van der Waals surface area contributed by atoms with Gasteiger partial charge in [-0.25, -0.2) is 0 Å². The van der Waals surface area contributed by atoms with Crippen molar-refractivity contribution in [1.82, 2.24) is 4.90 Å². The highest BCUT2D eigenvalue weighted by Gasteiger charge is 2.47. The van der Waals surface area contributed by atoms with Crippen molar-refractivity contribution in [3.05, 3.63) is 95.1 Å². The monoisotopic (exact) mass is 529 g/mol. The molecule has 3 aromatic rings. The van der Waals surface area contributed by atoms with Crippen molar-refractivity contribution in [1.29, 1.82) is 0 Å². The van der Waals surface area contributed by atoms with Crippen LogP contribution in [0.1, 0.15) is 35.6 Å². The smallest absolute Gasteiger partial charge is 0.295 e. The van der Waals surface area contributed by atoms with Crippen LogP contribution >= 0.6 is 0 Å². The predicted octanol–water partition coefficient (Wildman–Crippen LogP) is 4.88. The maximum Gasteiger partial charge on any atom is 0.295 e. The lowest BCUT2D eigenvalue weighted by Crippen LogP contribution is -2.36. The van der Waals surface area contributed by atoms with Gasteiger partial charge in [0, 0.05) is 18.7 Å². The molecule has 2 unspecified atom stereocenters. The molecule has 2 aliphatic heterocycles. The molecule has 0 spiro atoms. The van der Waals surface area contributed by atoms with Gasteiger partial charge < -0.3 is 29.0 Å². The van der Waals surface area contributed by atoms with Gasteiger partial charge in [-0.2, -0.15) is 0 Å². The van der Waals surface area contributed by atoms with Crippen LogP contribution in [0.4, 0.5) is 0 Å². The molecule has 3 aromatic carbocycles. The number of rotatable bonds is 9. The van der Waals surface area contributed by atoms with E-state index in [0.717, 1.165) is 18.4 Å². The first-order chi connectivity index (χ1) is 19.0. The van der Waals surface area contributed by atoms with Crippen molar-refractivity contribution in [2.75, 3.05) is 27.4 Å². The summed E-state index contributed by atoms with van der Waals surface area (Å²) >= 11 is 0. The van der Waals surface area contributed by atoms with Gasteiger partial charge in [-0.3, -0.25) is 9.59 Å². The number of ketones is 1. The first-order valence-corrected chi connectivity index (χ1v) is 12.9. The quantitative estimate of drug-likeness (QED) is 0.240. The van der Waals surface area contributed by atoms with Gasteiger partial charge in [0.15, 0.2) is 11.5 Å². The number of methoxy groups -OCH3 is 2. The number of hydrogen-bond acceptors (Lipinski definition) is 7. The van der Waals surface area contributed by atoms with Crippen LogP contribution in [0.2, 0.25) is 0 Å². The fourth-order valence-corrected chi connectivity index (χ4v) is 5.04. The minimum atomic E-state index is -0.826. The molecule has 0 aromatic heterocycles. The molecule has 0 saturated carbocycles. The van der Waals surface area contributed by atoms with Crippen molar-refractivity contribution in [3.63, 3.8) is 0 Å². The first-order valence-electron chi connectivity index (χ1n) is 12.9. The van der Waals surface area contributed by atoms with Crippen LogP contribution in [0.25, 0.3) is 5.76 Å². The normalized spacial score (nSPS) is 20.3. The molecule has 2 saturated heterocycles. The molecule has 5 rings (SSSR count). The average molecular weight is 530 g/mol. The fourth-order valence-electron chi connectivity index (χ4n) is 5.04. The number of likely N-dealkylation sites (tertiary alicyclic amines) is 1. The van der Waals surface area contributed by atoms with Crippen LogP contribution in [-0.4, -0.2) is 55.2 Å². The molecule has 2 atom stereocenters. The van der Waals surface area contributed by atoms with E-state index >= 15 is 0 Å². The third-order valence-electron chi connectivity index (χ3n) is 7.07. The molecular formula is C31H31NO7. The summed E-state index contributed by atoms with van der Waals surface area (Å²) < 4.78 is 22.6. The Morgan fingerprint density at radius 2 is 1.74 bits per heavy atom. The van der Waals surface area contributed by atoms with Crippen molar-refractivity contribution in [2.45, 2.75) is 31.6 Å². The Morgan fingerprint density at radius 3 is 2.41 bits per heavy atom. The van der Waals surface area contributed by atoms with E-state index in [0.29, 0.717) is 41.6 Å². The molecule has 2 heterocycles. The van der Waals surface area contributed by atoms with Gasteiger partial charge in [0.25, 0.3) is 11.7 Å². The molecule has 8 heteroatoms.